The second-order valence-electron chi connectivity index (χ2n) is 5.50. The van der Waals surface area contributed by atoms with Crippen molar-refractivity contribution in [1.29, 1.82) is 0 Å². The standard InChI is InChI=1S/C15H32N6O4/c16-5-1-3-7-19-11-14(23)21(9-4-2-6-17)12-13(22)20-8-10-25-15(18)24/h19H,1-12,16-17H2,(H2,18,24)(H,20,22). The molecule has 0 aliphatic carbocycles. The van der Waals surface area contributed by atoms with Gasteiger partial charge < -0.3 is 37.5 Å². The van der Waals surface area contributed by atoms with E-state index in [9.17, 15) is 14.4 Å². The van der Waals surface area contributed by atoms with E-state index in [1.807, 2.05) is 0 Å². The molecule has 0 saturated heterocycles. The molecule has 0 aromatic rings. The van der Waals surface area contributed by atoms with E-state index in [1.165, 1.54) is 4.90 Å². The number of nitrogens with one attached hydrogen (secondary N) is 2. The Labute approximate surface area is 148 Å². The van der Waals surface area contributed by atoms with Gasteiger partial charge in [0.2, 0.25) is 11.8 Å². The number of hydrogen-bond donors (Lipinski definition) is 5. The molecule has 0 heterocycles. The largest absolute Gasteiger partial charge is 0.448 e. The highest BCUT2D eigenvalue weighted by Crippen LogP contribution is 1.96. The summed E-state index contributed by atoms with van der Waals surface area (Å²) in [5, 5.41) is 5.63. The smallest absolute Gasteiger partial charge is 0.404 e. The summed E-state index contributed by atoms with van der Waals surface area (Å²) in [5.41, 5.74) is 15.7. The van der Waals surface area contributed by atoms with E-state index in [2.05, 4.69) is 15.4 Å². The third kappa shape index (κ3) is 14.2. The summed E-state index contributed by atoms with van der Waals surface area (Å²) in [5.74, 6) is -0.467. The molecule has 0 spiro atoms. The molecule has 146 valence electrons. The fourth-order valence-electron chi connectivity index (χ4n) is 2.01. The third-order valence-electron chi connectivity index (χ3n) is 3.32. The molecule has 0 unspecified atom stereocenters. The quantitative estimate of drug-likeness (QED) is 0.213. The Morgan fingerprint density at radius 2 is 1.64 bits per heavy atom. The summed E-state index contributed by atoms with van der Waals surface area (Å²) in [6, 6.07) is 0. The normalized spacial score (nSPS) is 10.3. The van der Waals surface area contributed by atoms with Crippen LogP contribution in [0.3, 0.4) is 0 Å². The zero-order chi connectivity index (χ0) is 18.9. The van der Waals surface area contributed by atoms with Crippen molar-refractivity contribution in [2.75, 3.05) is 52.4 Å². The first-order valence-electron chi connectivity index (χ1n) is 8.58. The van der Waals surface area contributed by atoms with Crippen LogP contribution < -0.4 is 27.8 Å². The molecule has 0 aromatic heterocycles. The van der Waals surface area contributed by atoms with Crippen molar-refractivity contribution in [3.8, 4) is 0 Å². The highest BCUT2D eigenvalue weighted by molar-refractivity contribution is 5.85. The van der Waals surface area contributed by atoms with Gasteiger partial charge in [-0.1, -0.05) is 0 Å². The van der Waals surface area contributed by atoms with Gasteiger partial charge in [-0.05, 0) is 45.3 Å². The van der Waals surface area contributed by atoms with Gasteiger partial charge in [0.05, 0.1) is 19.6 Å². The number of unbranched alkanes of at least 4 members (excludes halogenated alkanes) is 2. The van der Waals surface area contributed by atoms with Gasteiger partial charge in [-0.2, -0.15) is 0 Å². The molecule has 0 fully saturated rings. The Morgan fingerprint density at radius 3 is 2.28 bits per heavy atom. The van der Waals surface area contributed by atoms with Gasteiger partial charge in [-0.3, -0.25) is 9.59 Å². The molecule has 0 saturated carbocycles. The minimum absolute atomic E-state index is 0.00904. The number of amides is 3. The number of rotatable bonds is 15. The van der Waals surface area contributed by atoms with Gasteiger partial charge in [0, 0.05) is 6.54 Å². The van der Waals surface area contributed by atoms with Crippen molar-refractivity contribution in [3.05, 3.63) is 0 Å². The Bertz CT molecular complexity index is 394. The minimum atomic E-state index is -0.895. The number of ether oxygens (including phenoxy) is 1. The maximum atomic E-state index is 12.3. The summed E-state index contributed by atoms with van der Waals surface area (Å²) >= 11 is 0. The van der Waals surface area contributed by atoms with Crippen LogP contribution in [0.5, 0.6) is 0 Å². The lowest BCUT2D eigenvalue weighted by Gasteiger charge is -2.22. The van der Waals surface area contributed by atoms with E-state index >= 15 is 0 Å². The van der Waals surface area contributed by atoms with Gasteiger partial charge in [-0.25, -0.2) is 4.79 Å². The summed E-state index contributed by atoms with van der Waals surface area (Å²) in [6.07, 6.45) is 2.41. The molecule has 0 rings (SSSR count). The van der Waals surface area contributed by atoms with Crippen LogP contribution in [0.4, 0.5) is 4.79 Å². The van der Waals surface area contributed by atoms with E-state index in [-0.39, 0.29) is 38.1 Å². The Morgan fingerprint density at radius 1 is 0.960 bits per heavy atom. The van der Waals surface area contributed by atoms with Gasteiger partial charge in [0.1, 0.15) is 6.61 Å². The molecule has 8 N–H and O–H groups in total. The van der Waals surface area contributed by atoms with Crippen LogP contribution in [0.2, 0.25) is 0 Å². The number of carbonyl (C=O) groups excluding carboxylic acids is 3. The number of carbonyl (C=O) groups is 3. The molecular weight excluding hydrogens is 328 g/mol. The fraction of sp³-hybridized carbons (Fsp3) is 0.800. The number of primary amides is 1. The van der Waals surface area contributed by atoms with Crippen LogP contribution in [0.1, 0.15) is 25.7 Å². The monoisotopic (exact) mass is 360 g/mol. The first-order valence-corrected chi connectivity index (χ1v) is 8.58. The molecule has 3 amide bonds. The van der Waals surface area contributed by atoms with Gasteiger partial charge in [0.25, 0.3) is 0 Å². The summed E-state index contributed by atoms with van der Waals surface area (Å²) in [4.78, 5) is 36.1. The predicted octanol–water partition coefficient (Wildman–Crippen LogP) is -1.91. The van der Waals surface area contributed by atoms with Crippen LogP contribution >= 0.6 is 0 Å². The summed E-state index contributed by atoms with van der Waals surface area (Å²) in [7, 11) is 0. The molecular formula is C15H32N6O4. The van der Waals surface area contributed by atoms with Crippen LogP contribution in [0.25, 0.3) is 0 Å². The first-order chi connectivity index (χ1) is 12.0. The number of nitrogens with zero attached hydrogens (tertiary/aromatic N) is 1. The lowest BCUT2D eigenvalue weighted by Crippen LogP contribution is -2.45. The molecule has 0 atom stereocenters. The average Bonchev–Trinajstić information content (AvgIpc) is 2.57. The fourth-order valence-corrected chi connectivity index (χ4v) is 2.01. The second kappa shape index (κ2) is 15.6. The molecule has 0 aliphatic heterocycles. The van der Waals surface area contributed by atoms with E-state index < -0.39 is 6.09 Å². The number of nitrogens with two attached hydrogens (primary N) is 3. The van der Waals surface area contributed by atoms with Gasteiger partial charge in [0.15, 0.2) is 0 Å². The molecule has 0 aromatic carbocycles. The topological polar surface area (TPSA) is 166 Å². The van der Waals surface area contributed by atoms with Crippen molar-refractivity contribution < 1.29 is 19.1 Å². The molecule has 25 heavy (non-hydrogen) atoms. The van der Waals surface area contributed by atoms with Crippen molar-refractivity contribution in [2.24, 2.45) is 17.2 Å². The van der Waals surface area contributed by atoms with Gasteiger partial charge in [-0.15, -0.1) is 0 Å². The molecule has 10 heteroatoms. The SMILES string of the molecule is NCCCCNCC(=O)N(CCCCN)CC(=O)NCCOC(N)=O. The van der Waals surface area contributed by atoms with Crippen LogP contribution in [-0.2, 0) is 14.3 Å². The van der Waals surface area contributed by atoms with E-state index in [1.54, 1.807) is 0 Å². The lowest BCUT2D eigenvalue weighted by molar-refractivity contribution is -0.135. The minimum Gasteiger partial charge on any atom is -0.448 e. The Balaban J connectivity index is 4.22. The average molecular weight is 360 g/mol. The lowest BCUT2D eigenvalue weighted by atomic mass is 10.2. The van der Waals surface area contributed by atoms with E-state index in [4.69, 9.17) is 17.2 Å². The zero-order valence-electron chi connectivity index (χ0n) is 14.8. The Hall–Kier alpha value is -1.91. The van der Waals surface area contributed by atoms with E-state index in [0.717, 1.165) is 25.7 Å². The summed E-state index contributed by atoms with van der Waals surface area (Å²) in [6.45, 7) is 2.59. The molecule has 10 nitrogen and oxygen atoms in total. The molecule has 0 radical (unpaired) electrons. The van der Waals surface area contributed by atoms with Crippen molar-refractivity contribution >= 4 is 17.9 Å². The van der Waals surface area contributed by atoms with Crippen molar-refractivity contribution in [2.45, 2.75) is 25.7 Å². The first kappa shape index (κ1) is 23.1. The highest BCUT2D eigenvalue weighted by Gasteiger charge is 2.16. The van der Waals surface area contributed by atoms with Crippen LogP contribution in [0.15, 0.2) is 0 Å². The molecule has 0 bridgehead atoms. The van der Waals surface area contributed by atoms with Crippen LogP contribution in [0, 0.1) is 0 Å². The van der Waals surface area contributed by atoms with Crippen molar-refractivity contribution in [1.82, 2.24) is 15.5 Å². The Kier molecular flexibility index (Phi) is 14.4. The highest BCUT2D eigenvalue weighted by atomic mass is 16.5. The van der Waals surface area contributed by atoms with Crippen molar-refractivity contribution in [3.63, 3.8) is 0 Å². The maximum absolute atomic E-state index is 12.3. The van der Waals surface area contributed by atoms with Gasteiger partial charge >= 0.3 is 6.09 Å². The second-order valence-corrected chi connectivity index (χ2v) is 5.50. The molecule has 0 aliphatic rings. The maximum Gasteiger partial charge on any atom is 0.404 e. The van der Waals surface area contributed by atoms with E-state index in [0.29, 0.717) is 26.2 Å². The zero-order valence-corrected chi connectivity index (χ0v) is 14.8. The van der Waals surface area contributed by atoms with Crippen LogP contribution in [-0.4, -0.2) is 75.2 Å². The number of hydrogen-bond acceptors (Lipinski definition) is 7. The summed E-state index contributed by atoms with van der Waals surface area (Å²) < 4.78 is 4.52. The third-order valence-corrected chi connectivity index (χ3v) is 3.32. The predicted molar refractivity (Wildman–Crippen MR) is 94.6 cm³/mol.